The van der Waals surface area contributed by atoms with Gasteiger partial charge in [0.25, 0.3) is 0 Å². The number of hydrogen-bond acceptors (Lipinski definition) is 0. The van der Waals surface area contributed by atoms with E-state index in [1.54, 1.807) is 0 Å². The van der Waals surface area contributed by atoms with Crippen LogP contribution in [-0.2, 0) is 36.9 Å². The minimum atomic E-state index is 0. The largest absolute Gasteiger partial charge is 2.00 e. The monoisotopic (exact) mass is 278 g/mol. The minimum absolute atomic E-state index is 0. The van der Waals surface area contributed by atoms with E-state index in [2.05, 4.69) is 6.92 Å². The van der Waals surface area contributed by atoms with E-state index in [1.165, 1.54) is 0 Å². The summed E-state index contributed by atoms with van der Waals surface area (Å²) in [5, 5.41) is 0. The van der Waals surface area contributed by atoms with Crippen molar-refractivity contribution in [1.29, 1.82) is 0 Å². The first kappa shape index (κ1) is 49.9. The Morgan fingerprint density at radius 3 is 1.14 bits per heavy atom. The molecule has 0 saturated heterocycles. The van der Waals surface area contributed by atoms with E-state index in [1.807, 2.05) is 6.92 Å². The SMILES string of the molecule is [CH2-]CC.[O-2].[O-2].[O-2].[Re]. The van der Waals surface area contributed by atoms with E-state index >= 15 is 0 Å². The molecule has 0 aromatic carbocycles. The van der Waals surface area contributed by atoms with Crippen molar-refractivity contribution < 1.29 is 36.9 Å². The first-order valence-electron chi connectivity index (χ1n) is 1.21. The van der Waals surface area contributed by atoms with Crippen LogP contribution >= 0.6 is 0 Å². The van der Waals surface area contributed by atoms with Gasteiger partial charge in [0.05, 0.1) is 0 Å². The van der Waals surface area contributed by atoms with Gasteiger partial charge in [-0.3, -0.25) is 0 Å². The van der Waals surface area contributed by atoms with Gasteiger partial charge in [0.1, 0.15) is 0 Å². The van der Waals surface area contributed by atoms with Crippen LogP contribution in [-0.4, -0.2) is 0 Å². The summed E-state index contributed by atoms with van der Waals surface area (Å²) in [5.41, 5.74) is 0. The normalized spacial score (nSPS) is 2.57. The summed E-state index contributed by atoms with van der Waals surface area (Å²) in [6.45, 7) is 5.50. The fraction of sp³-hybridized carbons (Fsp3) is 0.667. The Hall–Kier alpha value is 0.542. The molecule has 0 aliphatic carbocycles. The van der Waals surface area contributed by atoms with Crippen molar-refractivity contribution in [3.05, 3.63) is 6.92 Å². The molecule has 0 fully saturated rings. The maximum Gasteiger partial charge on any atom is 0 e. The van der Waals surface area contributed by atoms with E-state index in [-0.39, 0.29) is 36.9 Å². The molecule has 0 spiro atoms. The molecule has 0 aromatic heterocycles. The van der Waals surface area contributed by atoms with E-state index in [0.717, 1.165) is 6.42 Å². The summed E-state index contributed by atoms with van der Waals surface area (Å²) in [6.07, 6.45) is 1.00. The van der Waals surface area contributed by atoms with Crippen molar-refractivity contribution in [1.82, 2.24) is 0 Å². The zero-order chi connectivity index (χ0) is 2.71. The molecule has 0 aromatic rings. The van der Waals surface area contributed by atoms with Crippen molar-refractivity contribution in [3.8, 4) is 0 Å². The molecule has 3 nitrogen and oxygen atoms in total. The molecule has 7 heavy (non-hydrogen) atoms. The van der Waals surface area contributed by atoms with Crippen molar-refractivity contribution in [2.24, 2.45) is 0 Å². The molecular weight excluding hydrogens is 270 g/mol. The first-order valence-corrected chi connectivity index (χ1v) is 1.21. The van der Waals surface area contributed by atoms with Crippen LogP contribution < -0.4 is 0 Å². The van der Waals surface area contributed by atoms with Crippen molar-refractivity contribution in [3.63, 3.8) is 0 Å². The van der Waals surface area contributed by atoms with Gasteiger partial charge in [-0.05, 0) is 0 Å². The van der Waals surface area contributed by atoms with Crippen molar-refractivity contribution in [2.75, 3.05) is 0 Å². The van der Waals surface area contributed by atoms with Crippen LogP contribution in [0.1, 0.15) is 13.3 Å². The maximum absolute atomic E-state index is 3.49. The Balaban J connectivity index is -0.00000000333. The van der Waals surface area contributed by atoms with Gasteiger partial charge in [-0.15, -0.1) is 0 Å². The van der Waals surface area contributed by atoms with Crippen molar-refractivity contribution in [2.45, 2.75) is 13.3 Å². The van der Waals surface area contributed by atoms with Gasteiger partial charge in [0.15, 0.2) is 0 Å². The van der Waals surface area contributed by atoms with Gasteiger partial charge in [0, 0.05) is 20.4 Å². The summed E-state index contributed by atoms with van der Waals surface area (Å²) in [6, 6.07) is 0. The van der Waals surface area contributed by atoms with Gasteiger partial charge in [-0.1, -0.05) is 6.92 Å². The molecule has 0 N–H and O–H groups in total. The predicted octanol–water partition coefficient (Wildman–Crippen LogP) is 0.872. The Morgan fingerprint density at radius 2 is 1.14 bits per heavy atom. The smallest absolute Gasteiger partial charge is 0 e. The molecule has 0 amide bonds. The Labute approximate surface area is 57.7 Å². The van der Waals surface area contributed by atoms with Gasteiger partial charge >= 0.3 is 0 Å². The fourth-order valence-electron chi connectivity index (χ4n) is 0. The van der Waals surface area contributed by atoms with Gasteiger partial charge < -0.3 is 23.4 Å². The topological polar surface area (TPSA) is 85.5 Å². The average molecular weight is 277 g/mol. The Morgan fingerprint density at radius 1 is 1.14 bits per heavy atom. The zero-order valence-corrected chi connectivity index (χ0v) is 6.73. The van der Waals surface area contributed by atoms with Crippen LogP contribution in [0.15, 0.2) is 0 Å². The molecule has 1 radical (unpaired) electrons. The van der Waals surface area contributed by atoms with Gasteiger partial charge in [-0.25, -0.2) is 0 Å². The second-order valence-corrected chi connectivity index (χ2v) is 0.500. The van der Waals surface area contributed by atoms with Crippen molar-refractivity contribution >= 4 is 0 Å². The molecule has 0 aliphatic heterocycles. The summed E-state index contributed by atoms with van der Waals surface area (Å²) in [7, 11) is 0. The number of hydrogen-bond donors (Lipinski definition) is 0. The molecule has 0 saturated carbocycles. The number of rotatable bonds is 0. The van der Waals surface area contributed by atoms with E-state index in [4.69, 9.17) is 0 Å². The molecular formula is C3H7O3Re-7. The maximum atomic E-state index is 3.49. The predicted molar refractivity (Wildman–Crippen MR) is 17.7 cm³/mol. The van der Waals surface area contributed by atoms with E-state index in [9.17, 15) is 0 Å². The molecule has 0 rings (SSSR count). The first-order chi connectivity index (χ1) is 1.41. The molecule has 0 unspecified atom stereocenters. The van der Waals surface area contributed by atoms with E-state index in [0.29, 0.717) is 0 Å². The summed E-state index contributed by atoms with van der Waals surface area (Å²) < 4.78 is 0. The Bertz CT molecular complexity index is 10.1. The quantitative estimate of drug-likeness (QED) is 0.588. The van der Waals surface area contributed by atoms with Crippen LogP contribution in [0.2, 0.25) is 0 Å². The third kappa shape index (κ3) is 459. The summed E-state index contributed by atoms with van der Waals surface area (Å²) >= 11 is 0. The fourth-order valence-corrected chi connectivity index (χ4v) is 0. The summed E-state index contributed by atoms with van der Waals surface area (Å²) in [4.78, 5) is 0. The molecule has 4 heteroatoms. The standard InChI is InChI=1S/C3H7.3O.Re/c1-3-2;;;;/h1,3H2,2H3;;;;/q-1;3*-2;. The summed E-state index contributed by atoms with van der Waals surface area (Å²) in [5.74, 6) is 0. The minimum Gasteiger partial charge on any atom is -2.00 e. The second-order valence-electron chi connectivity index (χ2n) is 0.500. The third-order valence-electron chi connectivity index (χ3n) is 0. The molecule has 0 aliphatic rings. The van der Waals surface area contributed by atoms with E-state index < -0.39 is 0 Å². The molecule has 51 valence electrons. The second kappa shape index (κ2) is 84.5. The molecule has 0 heterocycles. The zero-order valence-electron chi connectivity index (χ0n) is 4.02. The van der Waals surface area contributed by atoms with Crippen LogP contribution in [0.4, 0.5) is 0 Å². The molecule has 0 bridgehead atoms. The van der Waals surface area contributed by atoms with Crippen LogP contribution in [0.3, 0.4) is 0 Å². The van der Waals surface area contributed by atoms with Crippen LogP contribution in [0.5, 0.6) is 0 Å². The Kier molecular flexibility index (Phi) is 603. The average Bonchev–Trinajstić information content (AvgIpc) is 0.918. The van der Waals surface area contributed by atoms with Gasteiger partial charge in [-0.2, -0.15) is 6.42 Å². The molecule has 0 atom stereocenters. The van der Waals surface area contributed by atoms with Crippen LogP contribution in [0, 0.1) is 6.92 Å². The third-order valence-corrected chi connectivity index (χ3v) is 0. The van der Waals surface area contributed by atoms with Crippen LogP contribution in [0.25, 0.3) is 0 Å². The van der Waals surface area contributed by atoms with Gasteiger partial charge in [0.2, 0.25) is 0 Å².